The third-order valence-electron chi connectivity index (χ3n) is 3.53. The standard InChI is InChI=1S/C19H16F2N4O2/c1-12-22-10-9-17(23-12)13-3-2-4-15(11-13)25-19(26)24-14-5-7-16(8-6-14)27-18(20)21/h2-11,18H,1H3,(H2,24,25,26). The lowest BCUT2D eigenvalue weighted by molar-refractivity contribution is -0.0498. The molecule has 27 heavy (non-hydrogen) atoms. The molecule has 0 saturated carbocycles. The summed E-state index contributed by atoms with van der Waals surface area (Å²) in [6.45, 7) is -1.09. The van der Waals surface area contributed by atoms with Gasteiger partial charge in [-0.3, -0.25) is 0 Å². The Bertz CT molecular complexity index is 933. The van der Waals surface area contributed by atoms with Crippen LogP contribution >= 0.6 is 0 Å². The predicted molar refractivity (Wildman–Crippen MR) is 97.9 cm³/mol. The van der Waals surface area contributed by atoms with Crippen LogP contribution in [0.4, 0.5) is 25.0 Å². The maximum atomic E-state index is 12.1. The first kappa shape index (κ1) is 18.2. The molecule has 0 aliphatic carbocycles. The van der Waals surface area contributed by atoms with Gasteiger partial charge in [0.15, 0.2) is 0 Å². The summed E-state index contributed by atoms with van der Waals surface area (Å²) >= 11 is 0. The van der Waals surface area contributed by atoms with E-state index in [1.54, 1.807) is 37.4 Å². The first-order valence-corrected chi connectivity index (χ1v) is 8.02. The summed E-state index contributed by atoms with van der Waals surface area (Å²) in [6.07, 6.45) is 1.67. The summed E-state index contributed by atoms with van der Waals surface area (Å²) in [4.78, 5) is 20.6. The van der Waals surface area contributed by atoms with Gasteiger partial charge in [-0.25, -0.2) is 14.8 Å². The third-order valence-corrected chi connectivity index (χ3v) is 3.53. The fourth-order valence-electron chi connectivity index (χ4n) is 2.39. The van der Waals surface area contributed by atoms with Gasteiger partial charge in [0.1, 0.15) is 11.6 Å². The molecule has 2 N–H and O–H groups in total. The van der Waals surface area contributed by atoms with Gasteiger partial charge in [-0.15, -0.1) is 0 Å². The van der Waals surface area contributed by atoms with Crippen molar-refractivity contribution < 1.29 is 18.3 Å². The van der Waals surface area contributed by atoms with Gasteiger partial charge in [0.2, 0.25) is 0 Å². The zero-order valence-electron chi connectivity index (χ0n) is 14.3. The number of amides is 2. The number of benzene rings is 2. The van der Waals surface area contributed by atoms with Gasteiger partial charge in [-0.2, -0.15) is 8.78 Å². The van der Waals surface area contributed by atoms with Crippen molar-refractivity contribution in [2.75, 3.05) is 10.6 Å². The third kappa shape index (κ3) is 5.21. The molecule has 3 aromatic rings. The molecule has 6 nitrogen and oxygen atoms in total. The van der Waals surface area contributed by atoms with E-state index in [-0.39, 0.29) is 5.75 Å². The number of alkyl halides is 2. The molecule has 0 radical (unpaired) electrons. The largest absolute Gasteiger partial charge is 0.435 e. The van der Waals surface area contributed by atoms with Crippen LogP contribution in [0.3, 0.4) is 0 Å². The fraction of sp³-hybridized carbons (Fsp3) is 0.105. The minimum Gasteiger partial charge on any atom is -0.435 e. The number of hydrogen-bond acceptors (Lipinski definition) is 4. The normalized spacial score (nSPS) is 10.5. The van der Waals surface area contributed by atoms with Gasteiger partial charge in [0, 0.05) is 23.1 Å². The number of aryl methyl sites for hydroxylation is 1. The molecule has 1 aromatic heterocycles. The number of urea groups is 1. The maximum Gasteiger partial charge on any atom is 0.387 e. The number of halogens is 2. The number of anilines is 2. The Kier molecular flexibility index (Phi) is 5.55. The van der Waals surface area contributed by atoms with Gasteiger partial charge >= 0.3 is 12.6 Å². The Morgan fingerprint density at radius 1 is 1.04 bits per heavy atom. The van der Waals surface area contributed by atoms with E-state index in [0.29, 0.717) is 17.2 Å². The first-order chi connectivity index (χ1) is 13.0. The summed E-state index contributed by atoms with van der Waals surface area (Å²) in [5.74, 6) is 0.673. The highest BCUT2D eigenvalue weighted by Crippen LogP contribution is 2.21. The van der Waals surface area contributed by atoms with E-state index in [1.807, 2.05) is 6.07 Å². The van der Waals surface area contributed by atoms with Crippen LogP contribution in [-0.4, -0.2) is 22.6 Å². The van der Waals surface area contributed by atoms with E-state index in [9.17, 15) is 13.6 Å². The van der Waals surface area contributed by atoms with E-state index in [0.717, 1.165) is 11.3 Å². The molecule has 0 atom stereocenters. The molecule has 0 aliphatic heterocycles. The zero-order valence-corrected chi connectivity index (χ0v) is 14.3. The molecular formula is C19H16F2N4O2. The number of ether oxygens (including phenoxy) is 1. The summed E-state index contributed by atoms with van der Waals surface area (Å²) in [5, 5.41) is 5.34. The van der Waals surface area contributed by atoms with E-state index in [4.69, 9.17) is 0 Å². The van der Waals surface area contributed by atoms with E-state index in [2.05, 4.69) is 25.3 Å². The zero-order chi connectivity index (χ0) is 19.2. The van der Waals surface area contributed by atoms with E-state index >= 15 is 0 Å². The molecule has 0 spiro atoms. The maximum absolute atomic E-state index is 12.1. The van der Waals surface area contributed by atoms with Crippen molar-refractivity contribution in [3.8, 4) is 17.0 Å². The highest BCUT2D eigenvalue weighted by Gasteiger charge is 2.07. The molecule has 138 valence electrons. The van der Waals surface area contributed by atoms with Crippen LogP contribution in [0.15, 0.2) is 60.8 Å². The van der Waals surface area contributed by atoms with Crippen molar-refractivity contribution in [3.05, 3.63) is 66.6 Å². The topological polar surface area (TPSA) is 76.1 Å². The number of carbonyl (C=O) groups excluding carboxylic acids is 1. The van der Waals surface area contributed by atoms with Crippen LogP contribution in [0.25, 0.3) is 11.3 Å². The Labute approximate surface area is 154 Å². The van der Waals surface area contributed by atoms with Gasteiger partial charge < -0.3 is 15.4 Å². The Morgan fingerprint density at radius 3 is 2.48 bits per heavy atom. The lowest BCUT2D eigenvalue weighted by Crippen LogP contribution is -2.19. The quantitative estimate of drug-likeness (QED) is 0.683. The van der Waals surface area contributed by atoms with Crippen molar-refractivity contribution in [3.63, 3.8) is 0 Å². The summed E-state index contributed by atoms with van der Waals surface area (Å²) in [6, 6.07) is 14.2. The SMILES string of the molecule is Cc1nccc(-c2cccc(NC(=O)Nc3ccc(OC(F)F)cc3)c2)n1. The second kappa shape index (κ2) is 8.22. The van der Waals surface area contributed by atoms with Gasteiger partial charge in [0.05, 0.1) is 5.69 Å². The number of aromatic nitrogens is 2. The van der Waals surface area contributed by atoms with Crippen molar-refractivity contribution >= 4 is 17.4 Å². The molecule has 0 saturated heterocycles. The number of hydrogen-bond donors (Lipinski definition) is 2. The highest BCUT2D eigenvalue weighted by molar-refractivity contribution is 6.00. The minimum absolute atomic E-state index is 0.0174. The highest BCUT2D eigenvalue weighted by atomic mass is 19.3. The monoisotopic (exact) mass is 370 g/mol. The lowest BCUT2D eigenvalue weighted by Gasteiger charge is -2.10. The van der Waals surface area contributed by atoms with Crippen LogP contribution in [0.1, 0.15) is 5.82 Å². The molecular weight excluding hydrogens is 354 g/mol. The van der Waals surface area contributed by atoms with Crippen molar-refractivity contribution in [2.24, 2.45) is 0 Å². The summed E-state index contributed by atoms with van der Waals surface area (Å²) in [7, 11) is 0. The molecule has 0 fully saturated rings. The lowest BCUT2D eigenvalue weighted by atomic mass is 10.1. The van der Waals surface area contributed by atoms with Crippen LogP contribution in [0.5, 0.6) is 5.75 Å². The molecule has 8 heteroatoms. The van der Waals surface area contributed by atoms with Crippen LogP contribution in [0.2, 0.25) is 0 Å². The summed E-state index contributed by atoms with van der Waals surface area (Å²) in [5.41, 5.74) is 2.61. The van der Waals surface area contributed by atoms with Crippen LogP contribution in [-0.2, 0) is 0 Å². The number of nitrogens with one attached hydrogen (secondary N) is 2. The van der Waals surface area contributed by atoms with Gasteiger partial charge in [0.25, 0.3) is 0 Å². The predicted octanol–water partition coefficient (Wildman–Crippen LogP) is 4.70. The number of nitrogens with zero attached hydrogens (tertiary/aromatic N) is 2. The Hall–Kier alpha value is -3.55. The average molecular weight is 370 g/mol. The second-order valence-corrected chi connectivity index (χ2v) is 5.55. The molecule has 0 bridgehead atoms. The fourth-order valence-corrected chi connectivity index (χ4v) is 2.39. The molecule has 1 heterocycles. The van der Waals surface area contributed by atoms with Crippen LogP contribution in [0, 0.1) is 6.92 Å². The average Bonchev–Trinajstić information content (AvgIpc) is 2.63. The number of carbonyl (C=O) groups is 1. The number of rotatable bonds is 5. The van der Waals surface area contributed by atoms with Crippen molar-refractivity contribution in [1.82, 2.24) is 9.97 Å². The summed E-state index contributed by atoms with van der Waals surface area (Å²) < 4.78 is 28.5. The molecule has 2 aromatic carbocycles. The van der Waals surface area contributed by atoms with Gasteiger partial charge in [-0.1, -0.05) is 12.1 Å². The minimum atomic E-state index is -2.89. The molecule has 0 aliphatic rings. The van der Waals surface area contributed by atoms with Crippen molar-refractivity contribution in [2.45, 2.75) is 13.5 Å². The second-order valence-electron chi connectivity index (χ2n) is 5.55. The first-order valence-electron chi connectivity index (χ1n) is 8.02. The van der Waals surface area contributed by atoms with Crippen molar-refractivity contribution in [1.29, 1.82) is 0 Å². The van der Waals surface area contributed by atoms with Crippen LogP contribution < -0.4 is 15.4 Å². The van der Waals surface area contributed by atoms with E-state index in [1.165, 1.54) is 24.3 Å². The molecule has 0 unspecified atom stereocenters. The Morgan fingerprint density at radius 2 is 1.78 bits per heavy atom. The van der Waals surface area contributed by atoms with Gasteiger partial charge in [-0.05, 0) is 49.4 Å². The molecule has 2 amide bonds. The van der Waals surface area contributed by atoms with E-state index < -0.39 is 12.6 Å². The molecule has 3 rings (SSSR count). The Balaban J connectivity index is 1.65. The smallest absolute Gasteiger partial charge is 0.387 e.